The first kappa shape index (κ1) is 11.9. The van der Waals surface area contributed by atoms with Crippen molar-refractivity contribution in [3.05, 3.63) is 34.3 Å². The van der Waals surface area contributed by atoms with Crippen LogP contribution in [0.2, 0.25) is 0 Å². The number of benzene rings is 1. The molecule has 1 aromatic heterocycles. The fourth-order valence-electron chi connectivity index (χ4n) is 1.72. The number of aromatic nitrogens is 1. The molecular formula is C12H17N3O2. The number of H-pyrrole nitrogens is 1. The second-order valence-corrected chi connectivity index (χ2v) is 3.95. The maximum absolute atomic E-state index is 11.0. The third kappa shape index (κ3) is 3.18. The number of likely N-dealkylation sites (N-methyl/N-ethyl adjacent to an activating group) is 1. The number of aromatic amines is 1. The Bertz CT molecular complexity index is 530. The van der Waals surface area contributed by atoms with Crippen LogP contribution in [0.25, 0.3) is 11.1 Å². The van der Waals surface area contributed by atoms with Crippen LogP contribution in [-0.4, -0.2) is 31.7 Å². The predicted octanol–water partition coefficient (Wildman–Crippen LogP) is 0.473. The number of fused-ring (bicyclic) bond motifs is 1. The van der Waals surface area contributed by atoms with Gasteiger partial charge in [-0.1, -0.05) is 6.07 Å². The van der Waals surface area contributed by atoms with Crippen LogP contribution in [0.5, 0.6) is 0 Å². The van der Waals surface area contributed by atoms with Crippen LogP contribution in [-0.2, 0) is 6.42 Å². The average molecular weight is 235 g/mol. The Morgan fingerprint density at radius 1 is 1.29 bits per heavy atom. The van der Waals surface area contributed by atoms with E-state index < -0.39 is 5.76 Å². The third-order valence-corrected chi connectivity index (χ3v) is 2.63. The topological polar surface area (TPSA) is 70.1 Å². The number of hydrogen-bond acceptors (Lipinski definition) is 4. The quantitative estimate of drug-likeness (QED) is 0.637. The summed E-state index contributed by atoms with van der Waals surface area (Å²) in [6, 6.07) is 5.80. The summed E-state index contributed by atoms with van der Waals surface area (Å²) in [5.74, 6) is -0.399. The second kappa shape index (κ2) is 5.65. The van der Waals surface area contributed by atoms with Crippen LogP contribution in [0.15, 0.2) is 27.4 Å². The van der Waals surface area contributed by atoms with Gasteiger partial charge >= 0.3 is 5.76 Å². The SMILES string of the molecule is CNCCNCCc1ccc2[nH]c(=O)oc2c1. The highest BCUT2D eigenvalue weighted by Gasteiger charge is 2.01. The fourth-order valence-corrected chi connectivity index (χ4v) is 1.72. The summed E-state index contributed by atoms with van der Waals surface area (Å²) in [5.41, 5.74) is 2.54. The van der Waals surface area contributed by atoms with E-state index in [0.29, 0.717) is 5.58 Å². The zero-order valence-corrected chi connectivity index (χ0v) is 9.88. The Hall–Kier alpha value is -1.59. The molecule has 0 bridgehead atoms. The first-order valence-corrected chi connectivity index (χ1v) is 5.76. The van der Waals surface area contributed by atoms with Gasteiger partial charge in [-0.15, -0.1) is 0 Å². The molecule has 0 aliphatic rings. The Balaban J connectivity index is 1.92. The second-order valence-electron chi connectivity index (χ2n) is 3.95. The molecule has 1 aromatic carbocycles. The highest BCUT2D eigenvalue weighted by atomic mass is 16.4. The van der Waals surface area contributed by atoms with Gasteiger partial charge in [-0.05, 0) is 37.7 Å². The molecule has 2 rings (SSSR count). The summed E-state index contributed by atoms with van der Waals surface area (Å²) >= 11 is 0. The number of oxazole rings is 1. The third-order valence-electron chi connectivity index (χ3n) is 2.63. The van der Waals surface area contributed by atoms with Gasteiger partial charge in [0.15, 0.2) is 5.58 Å². The molecule has 0 atom stereocenters. The molecule has 3 N–H and O–H groups in total. The molecule has 0 aliphatic heterocycles. The molecule has 17 heavy (non-hydrogen) atoms. The fraction of sp³-hybridized carbons (Fsp3) is 0.417. The number of nitrogens with one attached hydrogen (secondary N) is 3. The Morgan fingerprint density at radius 2 is 2.18 bits per heavy atom. The van der Waals surface area contributed by atoms with Gasteiger partial charge < -0.3 is 15.1 Å². The van der Waals surface area contributed by atoms with Crippen molar-refractivity contribution in [3.8, 4) is 0 Å². The molecule has 5 nitrogen and oxygen atoms in total. The number of hydrogen-bond donors (Lipinski definition) is 3. The Labute approximate surface area is 99.2 Å². The molecule has 0 fully saturated rings. The zero-order valence-electron chi connectivity index (χ0n) is 9.88. The van der Waals surface area contributed by atoms with E-state index >= 15 is 0 Å². The van der Waals surface area contributed by atoms with Gasteiger partial charge in [-0.3, -0.25) is 4.98 Å². The lowest BCUT2D eigenvalue weighted by molar-refractivity contribution is 0.555. The molecule has 0 aliphatic carbocycles. The molecule has 0 spiro atoms. The first-order valence-electron chi connectivity index (χ1n) is 5.76. The average Bonchev–Trinajstić information content (AvgIpc) is 2.68. The van der Waals surface area contributed by atoms with Gasteiger partial charge in [-0.25, -0.2) is 4.79 Å². The van der Waals surface area contributed by atoms with E-state index in [1.54, 1.807) is 0 Å². The summed E-state index contributed by atoms with van der Waals surface area (Å²) in [6.07, 6.45) is 0.925. The van der Waals surface area contributed by atoms with E-state index in [2.05, 4.69) is 15.6 Å². The van der Waals surface area contributed by atoms with E-state index in [1.807, 2.05) is 25.2 Å². The van der Waals surface area contributed by atoms with Gasteiger partial charge in [0.2, 0.25) is 0 Å². The summed E-state index contributed by atoms with van der Waals surface area (Å²) < 4.78 is 5.01. The van der Waals surface area contributed by atoms with Crippen LogP contribution < -0.4 is 16.4 Å². The molecular weight excluding hydrogens is 218 g/mol. The van der Waals surface area contributed by atoms with Crippen molar-refractivity contribution in [1.29, 1.82) is 0 Å². The molecule has 0 radical (unpaired) electrons. The molecule has 92 valence electrons. The molecule has 2 aromatic rings. The minimum Gasteiger partial charge on any atom is -0.408 e. The molecule has 5 heteroatoms. The smallest absolute Gasteiger partial charge is 0.408 e. The summed E-state index contributed by atoms with van der Waals surface area (Å²) in [5, 5.41) is 6.40. The van der Waals surface area contributed by atoms with E-state index in [-0.39, 0.29) is 0 Å². The molecule has 0 saturated carbocycles. The van der Waals surface area contributed by atoms with Gasteiger partial charge in [0.1, 0.15) is 0 Å². The van der Waals surface area contributed by atoms with Crippen molar-refractivity contribution in [2.75, 3.05) is 26.7 Å². The van der Waals surface area contributed by atoms with Crippen LogP contribution in [0, 0.1) is 0 Å². The Morgan fingerprint density at radius 3 is 3.00 bits per heavy atom. The van der Waals surface area contributed by atoms with Crippen molar-refractivity contribution >= 4 is 11.1 Å². The van der Waals surface area contributed by atoms with Crippen LogP contribution in [0.1, 0.15) is 5.56 Å². The van der Waals surface area contributed by atoms with Crippen LogP contribution >= 0.6 is 0 Å². The van der Waals surface area contributed by atoms with E-state index in [9.17, 15) is 4.79 Å². The standard InChI is InChI=1S/C12H17N3O2/c1-13-6-7-14-5-4-9-2-3-10-11(8-9)17-12(16)15-10/h2-3,8,13-14H,4-7H2,1H3,(H,15,16). The highest BCUT2D eigenvalue weighted by Crippen LogP contribution is 2.12. The van der Waals surface area contributed by atoms with E-state index in [0.717, 1.165) is 37.1 Å². The molecule has 1 heterocycles. The number of rotatable bonds is 6. The lowest BCUT2D eigenvalue weighted by atomic mass is 10.1. The largest absolute Gasteiger partial charge is 0.417 e. The molecule has 0 saturated heterocycles. The van der Waals surface area contributed by atoms with E-state index in [4.69, 9.17) is 4.42 Å². The van der Waals surface area contributed by atoms with Crippen LogP contribution in [0.4, 0.5) is 0 Å². The van der Waals surface area contributed by atoms with Crippen molar-refractivity contribution < 1.29 is 4.42 Å². The normalized spacial score (nSPS) is 11.1. The predicted molar refractivity (Wildman–Crippen MR) is 67.3 cm³/mol. The highest BCUT2D eigenvalue weighted by molar-refractivity contribution is 5.72. The van der Waals surface area contributed by atoms with Gasteiger partial charge in [0.25, 0.3) is 0 Å². The monoisotopic (exact) mass is 235 g/mol. The lowest BCUT2D eigenvalue weighted by Gasteiger charge is -2.04. The molecule has 0 unspecified atom stereocenters. The van der Waals surface area contributed by atoms with Gasteiger partial charge in [0.05, 0.1) is 5.52 Å². The maximum Gasteiger partial charge on any atom is 0.417 e. The van der Waals surface area contributed by atoms with Gasteiger partial charge in [-0.2, -0.15) is 0 Å². The minimum absolute atomic E-state index is 0.399. The lowest BCUT2D eigenvalue weighted by Crippen LogP contribution is -2.26. The molecule has 0 amide bonds. The first-order chi connectivity index (χ1) is 8.29. The van der Waals surface area contributed by atoms with Crippen molar-refractivity contribution in [2.24, 2.45) is 0 Å². The summed E-state index contributed by atoms with van der Waals surface area (Å²) in [7, 11) is 1.93. The van der Waals surface area contributed by atoms with Crippen molar-refractivity contribution in [1.82, 2.24) is 15.6 Å². The maximum atomic E-state index is 11.0. The zero-order chi connectivity index (χ0) is 12.1. The van der Waals surface area contributed by atoms with Crippen molar-refractivity contribution in [3.63, 3.8) is 0 Å². The minimum atomic E-state index is -0.399. The van der Waals surface area contributed by atoms with Gasteiger partial charge in [0, 0.05) is 13.1 Å². The van der Waals surface area contributed by atoms with Crippen molar-refractivity contribution in [2.45, 2.75) is 6.42 Å². The Kier molecular flexibility index (Phi) is 3.95. The van der Waals surface area contributed by atoms with Crippen LogP contribution in [0.3, 0.4) is 0 Å². The van der Waals surface area contributed by atoms with E-state index in [1.165, 1.54) is 0 Å². The summed E-state index contributed by atoms with van der Waals surface area (Å²) in [4.78, 5) is 13.6. The summed E-state index contributed by atoms with van der Waals surface area (Å²) in [6.45, 7) is 2.84.